The molecule has 0 aliphatic carbocycles. The summed E-state index contributed by atoms with van der Waals surface area (Å²) in [5, 5.41) is 14.6. The first-order valence-electron chi connectivity index (χ1n) is 17.7. The average molecular weight is 733 g/mol. The van der Waals surface area contributed by atoms with Gasteiger partial charge in [0.1, 0.15) is 23.9 Å². The van der Waals surface area contributed by atoms with Crippen LogP contribution in [0, 0.1) is 0 Å². The molecular weight excluding hydrogens is 692 g/mol. The number of fused-ring (bicyclic) bond motifs is 2. The molecule has 6 amide bonds. The van der Waals surface area contributed by atoms with E-state index in [9.17, 15) is 24.0 Å². The Bertz CT molecular complexity index is 2250. The highest BCUT2D eigenvalue weighted by atomic mass is 16.5. The van der Waals surface area contributed by atoms with Crippen molar-refractivity contribution in [2.24, 2.45) is 0 Å². The Kier molecular flexibility index (Phi) is 9.86. The second-order valence-corrected chi connectivity index (χ2v) is 14.3. The van der Waals surface area contributed by atoms with Crippen molar-refractivity contribution in [1.29, 1.82) is 0 Å². The molecule has 15 nitrogen and oxygen atoms in total. The van der Waals surface area contributed by atoms with Crippen molar-refractivity contribution in [1.82, 2.24) is 24.9 Å². The molecule has 278 valence electrons. The molecule has 1 fully saturated rings. The molecule has 0 radical (unpaired) electrons. The number of ether oxygens (including phenoxy) is 1. The Morgan fingerprint density at radius 2 is 1.80 bits per heavy atom. The third-order valence-corrected chi connectivity index (χ3v) is 9.34. The van der Waals surface area contributed by atoms with Crippen LogP contribution in [-0.4, -0.2) is 61.9 Å². The number of urea groups is 1. The number of anilines is 3. The Morgan fingerprint density at radius 3 is 2.56 bits per heavy atom. The molecule has 1 atom stereocenters. The molecular formula is C39H40N8O7. The largest absolute Gasteiger partial charge is 0.494 e. The second kappa shape index (κ2) is 14.8. The Balaban J connectivity index is 0.865. The lowest BCUT2D eigenvalue weighted by molar-refractivity contribution is -0.137. The topological polar surface area (TPSA) is 190 Å². The van der Waals surface area contributed by atoms with Crippen LogP contribution >= 0.6 is 0 Å². The van der Waals surface area contributed by atoms with Crippen LogP contribution < -0.4 is 26.0 Å². The normalized spacial score (nSPS) is 15.6. The highest BCUT2D eigenvalue weighted by molar-refractivity contribution is 6.07. The number of unbranched alkanes of at least 4 members (excludes halogenated alkanes) is 1. The fourth-order valence-electron chi connectivity index (χ4n) is 6.45. The minimum absolute atomic E-state index is 0.174. The van der Waals surface area contributed by atoms with Crippen LogP contribution in [0.5, 0.6) is 5.75 Å². The number of nitrogens with zero attached hydrogens (tertiary/aromatic N) is 4. The minimum Gasteiger partial charge on any atom is -0.494 e. The zero-order valence-electron chi connectivity index (χ0n) is 30.1. The van der Waals surface area contributed by atoms with Gasteiger partial charge in [-0.2, -0.15) is 0 Å². The van der Waals surface area contributed by atoms with Gasteiger partial charge < -0.3 is 24.8 Å². The zero-order valence-corrected chi connectivity index (χ0v) is 30.1. The maximum absolute atomic E-state index is 13.1. The number of aromatic nitrogens is 3. The smallest absolute Gasteiger partial charge is 0.324 e. The van der Waals surface area contributed by atoms with E-state index in [4.69, 9.17) is 9.26 Å². The quantitative estimate of drug-likeness (QED) is 0.0946. The second-order valence-electron chi connectivity index (χ2n) is 14.3. The van der Waals surface area contributed by atoms with Crippen LogP contribution in [0.1, 0.15) is 74.6 Å². The number of amides is 6. The predicted molar refractivity (Wildman–Crippen MR) is 199 cm³/mol. The van der Waals surface area contributed by atoms with Crippen LogP contribution in [0.15, 0.2) is 77.6 Å². The van der Waals surface area contributed by atoms with Gasteiger partial charge in [-0.15, -0.1) is 0 Å². The number of benzene rings is 3. The number of carbonyl (C=O) groups excluding carboxylic acids is 5. The fraction of sp³-hybridized carbons (Fsp3) is 0.308. The summed E-state index contributed by atoms with van der Waals surface area (Å²) in [4.78, 5) is 68.4. The maximum Gasteiger partial charge on any atom is 0.324 e. The molecule has 54 heavy (non-hydrogen) atoms. The number of imide groups is 1. The summed E-state index contributed by atoms with van der Waals surface area (Å²) in [6, 6.07) is 18.7. The Hall–Kier alpha value is -6.51. The van der Waals surface area contributed by atoms with E-state index in [1.807, 2.05) is 55.7 Å². The summed E-state index contributed by atoms with van der Waals surface area (Å²) in [5.41, 5.74) is 4.52. The Morgan fingerprint density at radius 1 is 0.981 bits per heavy atom. The van der Waals surface area contributed by atoms with E-state index >= 15 is 0 Å². The van der Waals surface area contributed by atoms with E-state index in [2.05, 4.69) is 31.4 Å². The first kappa shape index (κ1) is 35.9. The summed E-state index contributed by atoms with van der Waals surface area (Å²) in [6.07, 6.45) is 3.67. The van der Waals surface area contributed by atoms with Crippen LogP contribution in [0.3, 0.4) is 0 Å². The molecule has 2 aromatic heterocycles. The van der Waals surface area contributed by atoms with Crippen LogP contribution in [-0.2, 0) is 26.3 Å². The van der Waals surface area contributed by atoms with Gasteiger partial charge in [0, 0.05) is 65.1 Å². The molecule has 2 aliphatic heterocycles. The van der Waals surface area contributed by atoms with Crippen molar-refractivity contribution in [2.45, 2.75) is 70.9 Å². The van der Waals surface area contributed by atoms with Crippen LogP contribution in [0.4, 0.5) is 22.0 Å². The number of piperidine rings is 1. The highest BCUT2D eigenvalue weighted by Crippen LogP contribution is 2.33. The van der Waals surface area contributed by atoms with E-state index in [0.717, 1.165) is 16.7 Å². The van der Waals surface area contributed by atoms with Gasteiger partial charge in [0.05, 0.1) is 17.6 Å². The Labute approximate surface area is 310 Å². The monoisotopic (exact) mass is 732 g/mol. The molecule has 4 N–H and O–H groups in total. The van der Waals surface area contributed by atoms with E-state index in [1.165, 1.54) is 4.90 Å². The first-order valence-corrected chi connectivity index (χ1v) is 17.7. The predicted octanol–water partition coefficient (Wildman–Crippen LogP) is 5.90. The molecule has 0 bridgehead atoms. The summed E-state index contributed by atoms with van der Waals surface area (Å²) in [6.45, 7) is 6.58. The van der Waals surface area contributed by atoms with Gasteiger partial charge in [-0.25, -0.2) is 9.78 Å². The number of hydrogen-bond donors (Lipinski definition) is 4. The van der Waals surface area contributed by atoms with E-state index in [1.54, 1.807) is 42.7 Å². The van der Waals surface area contributed by atoms with Crippen molar-refractivity contribution in [2.75, 3.05) is 22.6 Å². The molecule has 0 spiro atoms. The van der Waals surface area contributed by atoms with Gasteiger partial charge in [-0.05, 0) is 67.8 Å². The molecule has 3 aromatic carbocycles. The molecule has 15 heteroatoms. The SMILES string of the molecule is CC(C)(C)c1cc(NC(=O)Nc2ccc(-n3cnc4cc(OCCCCC(=O)Nc5cccc6c5CN(C5CCC(=O)NC5=O)C6=O)ccc43)cc2)no1. The maximum atomic E-state index is 13.1. The lowest BCUT2D eigenvalue weighted by Gasteiger charge is -2.29. The van der Waals surface area contributed by atoms with Crippen LogP contribution in [0.25, 0.3) is 16.7 Å². The molecule has 7 rings (SSSR count). The van der Waals surface area contributed by atoms with Gasteiger partial charge in [0.15, 0.2) is 5.82 Å². The molecule has 5 aromatic rings. The summed E-state index contributed by atoms with van der Waals surface area (Å²) >= 11 is 0. The van der Waals surface area contributed by atoms with Gasteiger partial charge in [0.25, 0.3) is 5.91 Å². The third-order valence-electron chi connectivity index (χ3n) is 9.34. The third kappa shape index (κ3) is 7.79. The minimum atomic E-state index is -0.722. The van der Waals surface area contributed by atoms with Crippen LogP contribution in [0.2, 0.25) is 0 Å². The van der Waals surface area contributed by atoms with Crippen molar-refractivity contribution >= 4 is 57.9 Å². The molecule has 4 heterocycles. The number of carbonyl (C=O) groups is 5. The molecule has 2 aliphatic rings. The van der Waals surface area contributed by atoms with Crippen molar-refractivity contribution in [3.05, 3.63) is 89.9 Å². The number of nitrogens with one attached hydrogen (secondary N) is 4. The summed E-state index contributed by atoms with van der Waals surface area (Å²) in [5.74, 6) is 0.373. The highest BCUT2D eigenvalue weighted by Gasteiger charge is 2.40. The van der Waals surface area contributed by atoms with E-state index in [0.29, 0.717) is 59.3 Å². The van der Waals surface area contributed by atoms with E-state index in [-0.39, 0.29) is 48.9 Å². The average Bonchev–Trinajstić information content (AvgIpc) is 3.86. The number of imidazole rings is 1. The fourth-order valence-corrected chi connectivity index (χ4v) is 6.45. The van der Waals surface area contributed by atoms with Crippen molar-refractivity contribution in [3.63, 3.8) is 0 Å². The van der Waals surface area contributed by atoms with E-state index < -0.39 is 18.0 Å². The van der Waals surface area contributed by atoms with Gasteiger partial charge in [-0.3, -0.25) is 34.4 Å². The number of rotatable bonds is 11. The number of hydrogen-bond acceptors (Lipinski definition) is 9. The van der Waals surface area contributed by atoms with Gasteiger partial charge in [0.2, 0.25) is 17.7 Å². The lowest BCUT2D eigenvalue weighted by Crippen LogP contribution is -2.52. The molecule has 0 saturated carbocycles. The standard InChI is InChI=1S/C39H40N8O7/c1-39(2,3)32-20-33(45-54-32)43-38(52)41-23-10-12-24(13-11-23)47-22-40-29-19-25(14-15-30(29)47)53-18-5-4-9-34(48)42-28-8-6-7-26-27(28)21-46(37(26)51)31-16-17-35(49)44-36(31)50/h6-8,10-15,19-20,22,31H,4-5,9,16-18,21H2,1-3H3,(H,42,48)(H,44,49,50)(H2,41,43,45,52). The van der Waals surface area contributed by atoms with Gasteiger partial charge in [-0.1, -0.05) is 32.0 Å². The molecule has 1 saturated heterocycles. The van der Waals surface area contributed by atoms with Crippen molar-refractivity contribution < 1.29 is 33.2 Å². The lowest BCUT2D eigenvalue weighted by atomic mass is 9.93. The molecule has 1 unspecified atom stereocenters. The van der Waals surface area contributed by atoms with Crippen molar-refractivity contribution in [3.8, 4) is 11.4 Å². The summed E-state index contributed by atoms with van der Waals surface area (Å²) < 4.78 is 13.2. The van der Waals surface area contributed by atoms with Gasteiger partial charge >= 0.3 is 6.03 Å². The summed E-state index contributed by atoms with van der Waals surface area (Å²) in [7, 11) is 0. The zero-order chi connectivity index (χ0) is 38.0. The first-order chi connectivity index (χ1) is 25.9.